The number of ketones is 1. The van der Waals surface area contributed by atoms with Gasteiger partial charge in [0.15, 0.2) is 29.1 Å². The lowest BCUT2D eigenvalue weighted by atomic mass is 10.0. The summed E-state index contributed by atoms with van der Waals surface area (Å²) in [5, 5.41) is 0. The molecule has 0 atom stereocenters. The third kappa shape index (κ3) is 1.70. The van der Waals surface area contributed by atoms with Crippen LogP contribution in [0.5, 0.6) is 0 Å². The van der Waals surface area contributed by atoms with E-state index in [1.54, 1.807) is 0 Å². The van der Waals surface area contributed by atoms with Crippen LogP contribution < -0.4 is 0 Å². The molecule has 0 radical (unpaired) electrons. The SMILES string of the molecule is C=C(C)C(=O)c1c(F)c(F)c(F)c(F)c1F. The van der Waals surface area contributed by atoms with E-state index in [0.29, 0.717) is 0 Å². The van der Waals surface area contributed by atoms with E-state index < -0.39 is 40.4 Å². The van der Waals surface area contributed by atoms with Crippen molar-refractivity contribution < 1.29 is 26.7 Å². The molecular formula is C10H5F5O. The van der Waals surface area contributed by atoms with Gasteiger partial charge in [-0.25, -0.2) is 22.0 Å². The van der Waals surface area contributed by atoms with Gasteiger partial charge in [-0.3, -0.25) is 4.79 Å². The summed E-state index contributed by atoms with van der Waals surface area (Å²) in [6, 6.07) is 0. The second-order valence-electron chi connectivity index (χ2n) is 3.05. The van der Waals surface area contributed by atoms with E-state index in [2.05, 4.69) is 6.58 Å². The van der Waals surface area contributed by atoms with Gasteiger partial charge in [0.1, 0.15) is 0 Å². The fraction of sp³-hybridized carbons (Fsp3) is 0.100. The van der Waals surface area contributed by atoms with Crippen molar-refractivity contribution in [2.24, 2.45) is 0 Å². The second-order valence-corrected chi connectivity index (χ2v) is 3.05. The molecule has 0 saturated carbocycles. The molecule has 0 aliphatic heterocycles. The predicted octanol–water partition coefficient (Wildman–Crippen LogP) is 3.14. The van der Waals surface area contributed by atoms with Crippen molar-refractivity contribution in [1.29, 1.82) is 0 Å². The summed E-state index contributed by atoms with van der Waals surface area (Å²) in [5.74, 6) is -12.2. The molecule has 0 aromatic heterocycles. The summed E-state index contributed by atoms with van der Waals surface area (Å²) in [6.07, 6.45) is 0. The molecule has 86 valence electrons. The van der Waals surface area contributed by atoms with Gasteiger partial charge in [-0.05, 0) is 12.5 Å². The highest BCUT2D eigenvalue weighted by atomic mass is 19.2. The van der Waals surface area contributed by atoms with Crippen LogP contribution in [0.4, 0.5) is 22.0 Å². The van der Waals surface area contributed by atoms with Gasteiger partial charge in [-0.2, -0.15) is 0 Å². The maximum atomic E-state index is 13.0. The Bertz CT molecular complexity index is 463. The van der Waals surface area contributed by atoms with Crippen LogP contribution in [0.25, 0.3) is 0 Å². The molecule has 6 heteroatoms. The number of carbonyl (C=O) groups excluding carboxylic acids is 1. The lowest BCUT2D eigenvalue weighted by molar-refractivity contribution is 0.102. The molecule has 0 unspecified atom stereocenters. The zero-order valence-electron chi connectivity index (χ0n) is 8.01. The maximum Gasteiger partial charge on any atom is 0.200 e. The molecule has 1 rings (SSSR count). The second kappa shape index (κ2) is 4.03. The molecule has 0 amide bonds. The van der Waals surface area contributed by atoms with Gasteiger partial charge in [-0.1, -0.05) is 6.58 Å². The monoisotopic (exact) mass is 236 g/mol. The average Bonchev–Trinajstić information content (AvgIpc) is 2.23. The van der Waals surface area contributed by atoms with E-state index in [1.165, 1.54) is 0 Å². The third-order valence-corrected chi connectivity index (χ3v) is 1.82. The predicted molar refractivity (Wildman–Crippen MR) is 45.4 cm³/mol. The molecule has 1 aromatic carbocycles. The Morgan fingerprint density at radius 3 is 1.50 bits per heavy atom. The molecule has 0 bridgehead atoms. The molecule has 0 aliphatic rings. The van der Waals surface area contributed by atoms with Crippen molar-refractivity contribution in [2.45, 2.75) is 6.92 Å². The van der Waals surface area contributed by atoms with Gasteiger partial charge in [0.05, 0.1) is 5.56 Å². The summed E-state index contributed by atoms with van der Waals surface area (Å²) in [7, 11) is 0. The summed E-state index contributed by atoms with van der Waals surface area (Å²) < 4.78 is 64.0. The number of allylic oxidation sites excluding steroid dienone is 1. The van der Waals surface area contributed by atoms with Gasteiger partial charge >= 0.3 is 0 Å². The summed E-state index contributed by atoms with van der Waals surface area (Å²) in [5.41, 5.74) is -1.81. The highest BCUT2D eigenvalue weighted by molar-refractivity contribution is 6.08. The molecule has 0 spiro atoms. The molecule has 1 aromatic rings. The van der Waals surface area contributed by atoms with Crippen LogP contribution in [0.15, 0.2) is 12.2 Å². The Labute approximate surface area is 87.2 Å². The molecular weight excluding hydrogens is 231 g/mol. The van der Waals surface area contributed by atoms with Gasteiger partial charge in [0, 0.05) is 0 Å². The number of hydrogen-bond acceptors (Lipinski definition) is 1. The number of Topliss-reactive ketones (excluding diaryl/α,β-unsaturated/α-hetero) is 1. The van der Waals surface area contributed by atoms with Crippen molar-refractivity contribution >= 4 is 5.78 Å². The fourth-order valence-electron chi connectivity index (χ4n) is 1.02. The molecule has 0 N–H and O–H groups in total. The number of halogens is 5. The normalized spacial score (nSPS) is 10.4. The minimum atomic E-state index is -2.30. The van der Waals surface area contributed by atoms with Crippen molar-refractivity contribution in [3.63, 3.8) is 0 Å². The summed E-state index contributed by atoms with van der Waals surface area (Å²) in [6.45, 7) is 4.17. The Morgan fingerprint density at radius 1 is 0.875 bits per heavy atom. The van der Waals surface area contributed by atoms with Crippen LogP contribution in [0.3, 0.4) is 0 Å². The molecule has 16 heavy (non-hydrogen) atoms. The highest BCUT2D eigenvalue weighted by Crippen LogP contribution is 2.24. The summed E-state index contributed by atoms with van der Waals surface area (Å²) in [4.78, 5) is 11.2. The Kier molecular flexibility index (Phi) is 3.11. The van der Waals surface area contributed by atoms with Crippen molar-refractivity contribution in [1.82, 2.24) is 0 Å². The molecule has 0 fully saturated rings. The van der Waals surface area contributed by atoms with Crippen molar-refractivity contribution in [3.05, 3.63) is 46.8 Å². The van der Waals surface area contributed by atoms with E-state index in [0.717, 1.165) is 6.92 Å². The smallest absolute Gasteiger partial charge is 0.200 e. The van der Waals surface area contributed by atoms with Crippen LogP contribution in [0, 0.1) is 29.1 Å². The van der Waals surface area contributed by atoms with Crippen LogP contribution >= 0.6 is 0 Å². The van der Waals surface area contributed by atoms with Crippen LogP contribution in [-0.2, 0) is 0 Å². The average molecular weight is 236 g/mol. The largest absolute Gasteiger partial charge is 0.289 e. The Hall–Kier alpha value is -1.72. The quantitative estimate of drug-likeness (QED) is 0.253. The zero-order valence-corrected chi connectivity index (χ0v) is 8.01. The van der Waals surface area contributed by atoms with Crippen LogP contribution in [-0.4, -0.2) is 5.78 Å². The van der Waals surface area contributed by atoms with E-state index in [-0.39, 0.29) is 5.57 Å². The third-order valence-electron chi connectivity index (χ3n) is 1.82. The first-order chi connectivity index (χ1) is 7.29. The fourth-order valence-corrected chi connectivity index (χ4v) is 1.02. The molecule has 0 saturated heterocycles. The van der Waals surface area contributed by atoms with Gasteiger partial charge in [-0.15, -0.1) is 0 Å². The van der Waals surface area contributed by atoms with Crippen LogP contribution in [0.1, 0.15) is 17.3 Å². The minimum Gasteiger partial charge on any atom is -0.289 e. The topological polar surface area (TPSA) is 17.1 Å². The Balaban J connectivity index is 3.64. The molecule has 0 heterocycles. The Morgan fingerprint density at radius 2 is 1.19 bits per heavy atom. The molecule has 0 aliphatic carbocycles. The lowest BCUT2D eigenvalue weighted by Crippen LogP contribution is -2.13. The first kappa shape index (κ1) is 12.4. The van der Waals surface area contributed by atoms with E-state index in [9.17, 15) is 26.7 Å². The van der Waals surface area contributed by atoms with E-state index in [1.807, 2.05) is 0 Å². The van der Waals surface area contributed by atoms with E-state index >= 15 is 0 Å². The van der Waals surface area contributed by atoms with Crippen molar-refractivity contribution in [2.75, 3.05) is 0 Å². The van der Waals surface area contributed by atoms with Crippen molar-refractivity contribution in [3.8, 4) is 0 Å². The first-order valence-corrected chi connectivity index (χ1v) is 4.00. The number of carbonyl (C=O) groups is 1. The van der Waals surface area contributed by atoms with Gasteiger partial charge < -0.3 is 0 Å². The lowest BCUT2D eigenvalue weighted by Gasteiger charge is -2.06. The minimum absolute atomic E-state index is 0.330. The zero-order chi connectivity index (χ0) is 12.6. The standard InChI is InChI=1S/C10H5F5O/c1-3(2)10(16)4-5(11)7(13)9(15)8(14)6(4)12/h1H2,2H3. The van der Waals surface area contributed by atoms with Crippen LogP contribution in [0.2, 0.25) is 0 Å². The van der Waals surface area contributed by atoms with E-state index in [4.69, 9.17) is 0 Å². The number of rotatable bonds is 2. The number of benzene rings is 1. The number of hydrogen-bond donors (Lipinski definition) is 0. The highest BCUT2D eigenvalue weighted by Gasteiger charge is 2.29. The maximum absolute atomic E-state index is 13.0. The van der Waals surface area contributed by atoms with Gasteiger partial charge in [0.25, 0.3) is 0 Å². The first-order valence-electron chi connectivity index (χ1n) is 4.00. The van der Waals surface area contributed by atoms with Gasteiger partial charge in [0.2, 0.25) is 5.82 Å². The summed E-state index contributed by atoms with van der Waals surface area (Å²) >= 11 is 0. The molecule has 1 nitrogen and oxygen atoms in total.